The van der Waals surface area contributed by atoms with Crippen molar-refractivity contribution in [3.05, 3.63) is 17.1 Å². The first-order valence-corrected chi connectivity index (χ1v) is 6.83. The quantitative estimate of drug-likeness (QED) is 0.812. The summed E-state index contributed by atoms with van der Waals surface area (Å²) in [7, 11) is 0. The lowest BCUT2D eigenvalue weighted by atomic mass is 10.3. The van der Waals surface area contributed by atoms with Gasteiger partial charge in [-0.15, -0.1) is 16.4 Å². The Hall–Kier alpha value is -2.11. The minimum Gasteiger partial charge on any atom is -0.382 e. The summed E-state index contributed by atoms with van der Waals surface area (Å²) in [6.45, 7) is 3.41. The Morgan fingerprint density at radius 2 is 2.21 bits per heavy atom. The molecule has 3 heterocycles. The van der Waals surface area contributed by atoms with E-state index in [1.165, 1.54) is 11.3 Å². The lowest BCUT2D eigenvalue weighted by molar-refractivity contribution is 0.582. The first-order chi connectivity index (χ1) is 9.31. The van der Waals surface area contributed by atoms with Crippen LogP contribution in [0, 0.1) is 11.3 Å². The Bertz CT molecular complexity index is 604. The minimum absolute atomic E-state index is 0.353. The molecule has 1 saturated heterocycles. The number of anilines is 2. The molecule has 0 amide bonds. The van der Waals surface area contributed by atoms with Gasteiger partial charge < -0.3 is 16.0 Å². The molecule has 0 spiro atoms. The van der Waals surface area contributed by atoms with Gasteiger partial charge in [0.25, 0.3) is 0 Å². The summed E-state index contributed by atoms with van der Waals surface area (Å²) < 4.78 is 1.54. The van der Waals surface area contributed by atoms with Crippen LogP contribution in [0.2, 0.25) is 0 Å². The van der Waals surface area contributed by atoms with Gasteiger partial charge in [-0.3, -0.25) is 0 Å². The van der Waals surface area contributed by atoms with Crippen molar-refractivity contribution < 1.29 is 0 Å². The number of nitrogen functional groups attached to an aromatic ring is 1. The van der Waals surface area contributed by atoms with Crippen molar-refractivity contribution in [2.24, 2.45) is 0 Å². The fourth-order valence-electron chi connectivity index (χ4n) is 2.09. The predicted molar refractivity (Wildman–Crippen MR) is 73.4 cm³/mol. The van der Waals surface area contributed by atoms with E-state index in [1.807, 2.05) is 5.38 Å². The number of rotatable bonds is 2. The second-order valence-corrected chi connectivity index (χ2v) is 5.03. The van der Waals surface area contributed by atoms with Crippen molar-refractivity contribution >= 4 is 23.0 Å². The van der Waals surface area contributed by atoms with Crippen molar-refractivity contribution in [1.82, 2.24) is 20.1 Å². The third kappa shape index (κ3) is 2.03. The smallest absolute Gasteiger partial charge is 0.212 e. The molecule has 2 aromatic heterocycles. The summed E-state index contributed by atoms with van der Waals surface area (Å²) in [6, 6.07) is 2.15. The van der Waals surface area contributed by atoms with Crippen molar-refractivity contribution in [1.29, 1.82) is 5.26 Å². The third-order valence-corrected chi connectivity index (χ3v) is 3.78. The van der Waals surface area contributed by atoms with Crippen LogP contribution in [0.3, 0.4) is 0 Å². The maximum Gasteiger partial charge on any atom is 0.212 e. The number of thiazole rings is 1. The van der Waals surface area contributed by atoms with E-state index in [9.17, 15) is 5.26 Å². The summed E-state index contributed by atoms with van der Waals surface area (Å²) in [4.78, 5) is 6.26. The maximum absolute atomic E-state index is 9.30. The van der Waals surface area contributed by atoms with E-state index < -0.39 is 0 Å². The lowest BCUT2D eigenvalue weighted by Crippen LogP contribution is -2.44. The highest BCUT2D eigenvalue weighted by Crippen LogP contribution is 2.27. The average molecular weight is 275 g/mol. The molecule has 0 unspecified atom stereocenters. The Balaban J connectivity index is 2.05. The molecule has 8 heteroatoms. The average Bonchev–Trinajstić information content (AvgIpc) is 3.07. The summed E-state index contributed by atoms with van der Waals surface area (Å²) in [5, 5.41) is 19.6. The monoisotopic (exact) mass is 275 g/mol. The van der Waals surface area contributed by atoms with Crippen LogP contribution in [0.4, 0.5) is 11.6 Å². The van der Waals surface area contributed by atoms with Gasteiger partial charge >= 0.3 is 0 Å². The molecular weight excluding hydrogens is 262 g/mol. The van der Waals surface area contributed by atoms with Gasteiger partial charge in [0.2, 0.25) is 5.13 Å². The summed E-state index contributed by atoms with van der Waals surface area (Å²) in [5.74, 6) is 1.00. The van der Waals surface area contributed by atoms with E-state index in [0.29, 0.717) is 22.3 Å². The molecule has 0 saturated carbocycles. The van der Waals surface area contributed by atoms with Gasteiger partial charge in [0.15, 0.2) is 5.82 Å². The van der Waals surface area contributed by atoms with Crippen LogP contribution in [0.25, 0.3) is 5.13 Å². The zero-order valence-electron chi connectivity index (χ0n) is 10.2. The van der Waals surface area contributed by atoms with Crippen molar-refractivity contribution in [3.8, 4) is 11.2 Å². The second kappa shape index (κ2) is 4.87. The summed E-state index contributed by atoms with van der Waals surface area (Å²) >= 11 is 1.44. The van der Waals surface area contributed by atoms with Crippen molar-refractivity contribution in [3.63, 3.8) is 0 Å². The van der Waals surface area contributed by atoms with Crippen LogP contribution in [-0.4, -0.2) is 40.9 Å². The largest absolute Gasteiger partial charge is 0.382 e. The zero-order valence-corrected chi connectivity index (χ0v) is 11.0. The van der Waals surface area contributed by atoms with E-state index in [0.717, 1.165) is 26.2 Å². The highest BCUT2D eigenvalue weighted by atomic mass is 32.1. The molecule has 1 fully saturated rings. The van der Waals surface area contributed by atoms with Crippen LogP contribution < -0.4 is 16.0 Å². The normalized spacial score (nSPS) is 15.4. The van der Waals surface area contributed by atoms with Crippen LogP contribution in [-0.2, 0) is 0 Å². The zero-order chi connectivity index (χ0) is 13.2. The molecule has 0 aromatic carbocycles. The number of nitrogens with one attached hydrogen (secondary N) is 1. The van der Waals surface area contributed by atoms with E-state index in [4.69, 9.17) is 5.73 Å². The van der Waals surface area contributed by atoms with E-state index in [1.54, 1.807) is 10.9 Å². The highest BCUT2D eigenvalue weighted by molar-refractivity contribution is 7.12. The second-order valence-electron chi connectivity index (χ2n) is 4.16. The number of nitriles is 1. The molecule has 0 radical (unpaired) electrons. The fraction of sp³-hybridized carbons (Fsp3) is 0.364. The summed E-state index contributed by atoms with van der Waals surface area (Å²) in [5.41, 5.74) is 6.44. The van der Waals surface area contributed by atoms with Crippen LogP contribution in [0.1, 0.15) is 5.56 Å². The number of nitrogens with zero attached hydrogens (tertiary/aromatic N) is 5. The molecule has 2 aromatic rings. The molecule has 3 rings (SSSR count). The number of nitrogens with two attached hydrogens (primary N) is 1. The molecule has 3 N–H and O–H groups in total. The van der Waals surface area contributed by atoms with E-state index >= 15 is 0 Å². The molecule has 19 heavy (non-hydrogen) atoms. The molecule has 0 atom stereocenters. The Kier molecular flexibility index (Phi) is 3.06. The van der Waals surface area contributed by atoms with E-state index in [2.05, 4.69) is 26.4 Å². The molecule has 1 aliphatic rings. The van der Waals surface area contributed by atoms with E-state index in [-0.39, 0.29) is 0 Å². The number of piperazine rings is 1. The third-order valence-electron chi connectivity index (χ3n) is 3.03. The van der Waals surface area contributed by atoms with Gasteiger partial charge in [-0.2, -0.15) is 9.94 Å². The molecule has 0 bridgehead atoms. The molecular formula is C11H13N7S. The first-order valence-electron chi connectivity index (χ1n) is 5.95. The molecule has 7 nitrogen and oxygen atoms in total. The van der Waals surface area contributed by atoms with Crippen LogP contribution in [0.15, 0.2) is 11.6 Å². The Morgan fingerprint density at radius 1 is 1.42 bits per heavy atom. The van der Waals surface area contributed by atoms with Gasteiger partial charge in [0.05, 0.1) is 0 Å². The van der Waals surface area contributed by atoms with Gasteiger partial charge in [-0.1, -0.05) is 0 Å². The summed E-state index contributed by atoms with van der Waals surface area (Å²) in [6.07, 6.45) is 1.69. The number of hydrogen-bond donors (Lipinski definition) is 2. The van der Waals surface area contributed by atoms with Gasteiger partial charge in [0.1, 0.15) is 17.5 Å². The first kappa shape index (κ1) is 12.0. The van der Waals surface area contributed by atoms with Crippen LogP contribution in [0.5, 0.6) is 0 Å². The molecule has 98 valence electrons. The van der Waals surface area contributed by atoms with Gasteiger partial charge in [0, 0.05) is 37.8 Å². The fourth-order valence-corrected chi connectivity index (χ4v) is 2.69. The number of hydrogen-bond acceptors (Lipinski definition) is 7. The Labute approximate surface area is 114 Å². The Morgan fingerprint density at radius 3 is 2.84 bits per heavy atom. The standard InChI is InChI=1S/C11H13N7S/c12-7-8-9(13)18(11-15-3-6-19-11)16-10(8)17-4-1-14-2-5-17/h3,6,14H,1-2,4-5,13H2. The number of aromatic nitrogens is 3. The van der Waals surface area contributed by atoms with Crippen molar-refractivity contribution in [2.45, 2.75) is 0 Å². The molecule has 1 aliphatic heterocycles. The maximum atomic E-state index is 9.30. The van der Waals surface area contributed by atoms with Crippen molar-refractivity contribution in [2.75, 3.05) is 36.8 Å². The van der Waals surface area contributed by atoms with Crippen LogP contribution >= 0.6 is 11.3 Å². The SMILES string of the molecule is N#Cc1c(N2CCNCC2)nn(-c2nccs2)c1N. The molecule has 0 aliphatic carbocycles. The van der Waals surface area contributed by atoms with Gasteiger partial charge in [-0.25, -0.2) is 4.98 Å². The minimum atomic E-state index is 0.353. The topological polar surface area (TPSA) is 95.8 Å². The predicted octanol–water partition coefficient (Wildman–Crippen LogP) is 0.192. The lowest BCUT2D eigenvalue weighted by Gasteiger charge is -2.27. The highest BCUT2D eigenvalue weighted by Gasteiger charge is 2.23. The van der Waals surface area contributed by atoms with Gasteiger partial charge in [-0.05, 0) is 0 Å².